The minimum atomic E-state index is -0.172. The van der Waals surface area contributed by atoms with Gasteiger partial charge in [0.25, 0.3) is 0 Å². The maximum absolute atomic E-state index is 10.9. The Labute approximate surface area is 101 Å². The van der Waals surface area contributed by atoms with Gasteiger partial charge in [-0.3, -0.25) is 4.79 Å². The smallest absolute Gasteiger partial charge is 0.221 e. The molecular formula is C12H17ClN2O. The minimum absolute atomic E-state index is 0.172. The molecule has 0 heterocycles. The largest absolute Gasteiger partial charge is 0.326 e. The first-order chi connectivity index (χ1) is 7.52. The minimum Gasteiger partial charge on any atom is -0.326 e. The molecule has 0 aromatic heterocycles. The van der Waals surface area contributed by atoms with Crippen molar-refractivity contribution < 1.29 is 4.79 Å². The molecule has 0 radical (unpaired) electrons. The molecule has 0 fully saturated rings. The fourth-order valence-electron chi connectivity index (χ4n) is 1.20. The third-order valence-electron chi connectivity index (χ3n) is 1.70. The summed E-state index contributed by atoms with van der Waals surface area (Å²) in [6.07, 6.45) is 0. The second-order valence-electron chi connectivity index (χ2n) is 2.97. The van der Waals surface area contributed by atoms with Gasteiger partial charge < -0.3 is 10.7 Å². The van der Waals surface area contributed by atoms with Crippen LogP contribution in [0.1, 0.15) is 33.3 Å². The van der Waals surface area contributed by atoms with Gasteiger partial charge in [0.1, 0.15) is 0 Å². The molecule has 0 saturated heterocycles. The molecule has 0 aliphatic carbocycles. The van der Waals surface area contributed by atoms with E-state index in [-0.39, 0.29) is 5.91 Å². The summed E-state index contributed by atoms with van der Waals surface area (Å²) in [7, 11) is 0. The van der Waals surface area contributed by atoms with Crippen LogP contribution >= 0.6 is 11.6 Å². The van der Waals surface area contributed by atoms with Gasteiger partial charge in [-0.25, -0.2) is 0 Å². The molecule has 3 nitrogen and oxygen atoms in total. The van der Waals surface area contributed by atoms with Crippen LogP contribution in [0.15, 0.2) is 18.2 Å². The van der Waals surface area contributed by atoms with Crippen LogP contribution in [-0.2, 0) is 4.79 Å². The number of halogens is 1. The van der Waals surface area contributed by atoms with E-state index in [1.165, 1.54) is 6.92 Å². The zero-order valence-corrected chi connectivity index (χ0v) is 10.8. The number of rotatable bonds is 2. The van der Waals surface area contributed by atoms with Gasteiger partial charge in [0.05, 0.1) is 10.7 Å². The summed E-state index contributed by atoms with van der Waals surface area (Å²) in [4.78, 5) is 10.9. The Morgan fingerprint density at radius 2 is 1.88 bits per heavy atom. The molecule has 4 heteroatoms. The van der Waals surface area contributed by atoms with Crippen molar-refractivity contribution in [2.75, 3.05) is 5.32 Å². The van der Waals surface area contributed by atoms with Crippen LogP contribution in [0.25, 0.3) is 0 Å². The van der Waals surface area contributed by atoms with Crippen molar-refractivity contribution in [3.63, 3.8) is 0 Å². The van der Waals surface area contributed by atoms with E-state index in [4.69, 9.17) is 17.0 Å². The van der Waals surface area contributed by atoms with Crippen LogP contribution in [0.4, 0.5) is 5.69 Å². The second kappa shape index (κ2) is 7.01. The number of anilines is 1. The van der Waals surface area contributed by atoms with Gasteiger partial charge >= 0.3 is 0 Å². The number of hydrogen-bond donors (Lipinski definition) is 2. The highest BCUT2D eigenvalue weighted by atomic mass is 35.5. The number of carbonyl (C=O) groups is 1. The number of nitrogens with one attached hydrogen (secondary N) is 2. The first-order valence-corrected chi connectivity index (χ1v) is 5.52. The van der Waals surface area contributed by atoms with Crippen molar-refractivity contribution in [2.45, 2.75) is 27.7 Å². The van der Waals surface area contributed by atoms with Crippen LogP contribution < -0.4 is 5.32 Å². The standard InChI is InChI=1S/C10H11ClN2O.C2H6/c1-6(12)10-8(11)4-3-5-9(10)13-7(2)14;1-2/h3-5,12H,1-2H3,(H,13,14);1-2H3. The van der Waals surface area contributed by atoms with Crippen LogP contribution in [0.5, 0.6) is 0 Å². The van der Waals surface area contributed by atoms with Crippen LogP contribution in [-0.4, -0.2) is 11.6 Å². The van der Waals surface area contributed by atoms with Gasteiger partial charge in [-0.1, -0.05) is 31.5 Å². The third-order valence-corrected chi connectivity index (χ3v) is 2.01. The Morgan fingerprint density at radius 3 is 2.31 bits per heavy atom. The molecule has 88 valence electrons. The lowest BCUT2D eigenvalue weighted by Crippen LogP contribution is -2.10. The molecule has 0 unspecified atom stereocenters. The second-order valence-corrected chi connectivity index (χ2v) is 3.38. The summed E-state index contributed by atoms with van der Waals surface area (Å²) < 4.78 is 0. The zero-order valence-electron chi connectivity index (χ0n) is 10.0. The van der Waals surface area contributed by atoms with E-state index in [2.05, 4.69) is 5.32 Å². The Balaban J connectivity index is 0.00000106. The molecule has 2 N–H and O–H groups in total. The lowest BCUT2D eigenvalue weighted by molar-refractivity contribution is -0.114. The third kappa shape index (κ3) is 4.03. The van der Waals surface area contributed by atoms with Crippen molar-refractivity contribution in [2.24, 2.45) is 0 Å². The quantitative estimate of drug-likeness (QED) is 0.761. The molecular weight excluding hydrogens is 224 g/mol. The number of benzene rings is 1. The molecule has 16 heavy (non-hydrogen) atoms. The predicted octanol–water partition coefficient (Wildman–Crippen LogP) is 3.71. The normalized spacial score (nSPS) is 8.81. The average molecular weight is 241 g/mol. The van der Waals surface area contributed by atoms with Gasteiger partial charge in [-0.2, -0.15) is 0 Å². The summed E-state index contributed by atoms with van der Waals surface area (Å²) >= 11 is 5.92. The van der Waals surface area contributed by atoms with Crippen LogP contribution in [0, 0.1) is 5.41 Å². The van der Waals surface area contributed by atoms with Gasteiger partial charge in [0.2, 0.25) is 5.91 Å². The summed E-state index contributed by atoms with van der Waals surface area (Å²) in [5.74, 6) is -0.172. The molecule has 0 bridgehead atoms. The predicted molar refractivity (Wildman–Crippen MR) is 69.6 cm³/mol. The highest BCUT2D eigenvalue weighted by Gasteiger charge is 2.09. The van der Waals surface area contributed by atoms with E-state index in [1.54, 1.807) is 25.1 Å². The molecule has 1 rings (SSSR count). The van der Waals surface area contributed by atoms with Crippen LogP contribution in [0.2, 0.25) is 5.02 Å². The molecule has 1 aromatic carbocycles. The maximum Gasteiger partial charge on any atom is 0.221 e. The van der Waals surface area contributed by atoms with E-state index < -0.39 is 0 Å². The Morgan fingerprint density at radius 1 is 1.31 bits per heavy atom. The van der Waals surface area contributed by atoms with Gasteiger partial charge in [-0.05, 0) is 19.1 Å². The Bertz CT molecular complexity index is 389. The van der Waals surface area contributed by atoms with E-state index in [1.807, 2.05) is 13.8 Å². The SMILES string of the molecule is CC.CC(=N)c1c(Cl)cccc1NC(C)=O. The fourth-order valence-corrected chi connectivity index (χ4v) is 1.52. The van der Waals surface area contributed by atoms with E-state index in [0.717, 1.165) is 0 Å². The van der Waals surface area contributed by atoms with Gasteiger partial charge in [0.15, 0.2) is 0 Å². The fraction of sp³-hybridized carbons (Fsp3) is 0.333. The highest BCUT2D eigenvalue weighted by Crippen LogP contribution is 2.24. The molecule has 0 saturated carbocycles. The molecule has 1 amide bonds. The molecule has 0 spiro atoms. The number of carbonyl (C=O) groups excluding carboxylic acids is 1. The van der Waals surface area contributed by atoms with E-state index >= 15 is 0 Å². The monoisotopic (exact) mass is 240 g/mol. The summed E-state index contributed by atoms with van der Waals surface area (Å²) in [5.41, 5.74) is 1.49. The Hall–Kier alpha value is -1.35. The van der Waals surface area contributed by atoms with E-state index in [9.17, 15) is 4.79 Å². The lowest BCUT2D eigenvalue weighted by atomic mass is 10.1. The van der Waals surface area contributed by atoms with Crippen molar-refractivity contribution >= 4 is 28.9 Å². The van der Waals surface area contributed by atoms with Crippen LogP contribution in [0.3, 0.4) is 0 Å². The van der Waals surface area contributed by atoms with Gasteiger partial charge in [0, 0.05) is 18.2 Å². The molecule has 0 atom stereocenters. The van der Waals surface area contributed by atoms with Gasteiger partial charge in [-0.15, -0.1) is 0 Å². The summed E-state index contributed by atoms with van der Waals surface area (Å²) in [6, 6.07) is 5.15. The highest BCUT2D eigenvalue weighted by molar-refractivity contribution is 6.35. The topological polar surface area (TPSA) is 53.0 Å². The first-order valence-electron chi connectivity index (χ1n) is 5.14. The zero-order chi connectivity index (χ0) is 12.7. The number of hydrogen-bond acceptors (Lipinski definition) is 2. The van der Waals surface area contributed by atoms with Crippen molar-refractivity contribution in [3.05, 3.63) is 28.8 Å². The number of amides is 1. The summed E-state index contributed by atoms with van der Waals surface area (Å²) in [5, 5.41) is 10.6. The van der Waals surface area contributed by atoms with Crippen molar-refractivity contribution in [1.82, 2.24) is 0 Å². The average Bonchev–Trinajstić information content (AvgIpc) is 2.19. The molecule has 0 aliphatic heterocycles. The Kier molecular flexibility index (Phi) is 6.42. The first kappa shape index (κ1) is 14.6. The van der Waals surface area contributed by atoms with Crippen molar-refractivity contribution in [1.29, 1.82) is 5.41 Å². The van der Waals surface area contributed by atoms with E-state index in [0.29, 0.717) is 22.0 Å². The maximum atomic E-state index is 10.9. The molecule has 1 aromatic rings. The van der Waals surface area contributed by atoms with Crippen molar-refractivity contribution in [3.8, 4) is 0 Å². The molecule has 0 aliphatic rings. The lowest BCUT2D eigenvalue weighted by Gasteiger charge is -2.09. The summed E-state index contributed by atoms with van der Waals surface area (Å²) in [6.45, 7) is 7.05.